The summed E-state index contributed by atoms with van der Waals surface area (Å²) in [5.41, 5.74) is 0.518. The first-order valence-corrected chi connectivity index (χ1v) is 9.52. The number of nitrogens with zero attached hydrogens (tertiary/aromatic N) is 2. The van der Waals surface area contributed by atoms with E-state index in [4.69, 9.17) is 11.6 Å². The Bertz CT molecular complexity index is 767. The van der Waals surface area contributed by atoms with E-state index in [0.29, 0.717) is 12.2 Å². The van der Waals surface area contributed by atoms with Gasteiger partial charge >= 0.3 is 0 Å². The molecule has 2 aromatic heterocycles. The number of thioether (sulfide) groups is 1. The summed E-state index contributed by atoms with van der Waals surface area (Å²) in [6.45, 7) is 2.49. The molecule has 2 aromatic rings. The lowest BCUT2D eigenvalue weighted by Crippen LogP contribution is -2.37. The fraction of sp³-hybridized carbons (Fsp3) is 0.462. The number of fused-ring (bicyclic) bond motifs is 1. The van der Waals surface area contributed by atoms with Crippen LogP contribution in [0.5, 0.6) is 0 Å². The molecule has 1 aliphatic heterocycles. The molecule has 1 N–H and O–H groups in total. The van der Waals surface area contributed by atoms with Gasteiger partial charge in [0, 0.05) is 17.5 Å². The number of aromatic nitrogens is 2. The fourth-order valence-corrected chi connectivity index (χ4v) is 5.62. The molecule has 5 nitrogen and oxygen atoms in total. The molecule has 0 spiro atoms. The summed E-state index contributed by atoms with van der Waals surface area (Å²) in [7, 11) is -3.69. The molecule has 0 saturated carbocycles. The molecule has 8 heteroatoms. The third-order valence-electron chi connectivity index (χ3n) is 3.64. The summed E-state index contributed by atoms with van der Waals surface area (Å²) in [5, 5.41) is 0.00397. The van der Waals surface area contributed by atoms with Crippen molar-refractivity contribution < 1.29 is 8.42 Å². The molecule has 3 heterocycles. The maximum absolute atomic E-state index is 12.6. The van der Waals surface area contributed by atoms with E-state index in [1.54, 1.807) is 24.4 Å². The molecule has 0 radical (unpaired) electrons. The van der Waals surface area contributed by atoms with Crippen LogP contribution < -0.4 is 4.72 Å². The summed E-state index contributed by atoms with van der Waals surface area (Å²) < 4.78 is 29.3. The van der Waals surface area contributed by atoms with Gasteiger partial charge in [0.15, 0.2) is 10.2 Å². The van der Waals surface area contributed by atoms with Gasteiger partial charge < -0.3 is 0 Å². The van der Waals surface area contributed by atoms with Crippen LogP contribution in [0.3, 0.4) is 0 Å². The summed E-state index contributed by atoms with van der Waals surface area (Å²) in [4.78, 5) is 4.08. The number of halogens is 1. The van der Waals surface area contributed by atoms with Crippen molar-refractivity contribution in [1.29, 1.82) is 0 Å². The summed E-state index contributed by atoms with van der Waals surface area (Å²) >= 11 is 7.83. The van der Waals surface area contributed by atoms with Gasteiger partial charge in [0.05, 0.1) is 0 Å². The van der Waals surface area contributed by atoms with E-state index in [0.717, 1.165) is 18.6 Å². The fourth-order valence-electron chi connectivity index (χ4n) is 2.48. The maximum atomic E-state index is 12.6. The Morgan fingerprint density at radius 1 is 1.52 bits per heavy atom. The highest BCUT2D eigenvalue weighted by molar-refractivity contribution is 8.01. The normalized spacial score (nSPS) is 23.0. The monoisotopic (exact) mass is 345 g/mol. The Morgan fingerprint density at radius 2 is 2.33 bits per heavy atom. The molecular formula is C13H16ClN3O2S2. The largest absolute Gasteiger partial charge is 0.288 e. The van der Waals surface area contributed by atoms with Crippen LogP contribution in [0.2, 0.25) is 5.15 Å². The zero-order valence-corrected chi connectivity index (χ0v) is 13.9. The lowest BCUT2D eigenvalue weighted by Gasteiger charge is -2.22. The number of hydrogen-bond donors (Lipinski definition) is 1. The van der Waals surface area contributed by atoms with Crippen LogP contribution in [0.4, 0.5) is 0 Å². The van der Waals surface area contributed by atoms with E-state index in [1.807, 2.05) is 11.8 Å². The van der Waals surface area contributed by atoms with Gasteiger partial charge in [-0.15, -0.1) is 0 Å². The Hall–Kier alpha value is -0.760. The third kappa shape index (κ3) is 2.92. The average molecular weight is 346 g/mol. The zero-order valence-electron chi connectivity index (χ0n) is 11.5. The van der Waals surface area contributed by atoms with Gasteiger partial charge in [0.25, 0.3) is 10.0 Å². The molecule has 0 aromatic carbocycles. The highest BCUT2D eigenvalue weighted by Gasteiger charge is 2.32. The second-order valence-electron chi connectivity index (χ2n) is 5.36. The first-order valence-electron chi connectivity index (χ1n) is 6.68. The van der Waals surface area contributed by atoms with Crippen molar-refractivity contribution in [2.45, 2.75) is 29.5 Å². The molecule has 3 rings (SSSR count). The van der Waals surface area contributed by atoms with Crippen LogP contribution in [0.1, 0.15) is 19.8 Å². The first kappa shape index (κ1) is 15.1. The Balaban J connectivity index is 1.91. The van der Waals surface area contributed by atoms with E-state index in [-0.39, 0.29) is 14.9 Å². The van der Waals surface area contributed by atoms with Crippen LogP contribution in [0, 0.1) is 0 Å². The first-order chi connectivity index (χ1) is 9.91. The second kappa shape index (κ2) is 5.46. The Kier molecular flexibility index (Phi) is 3.94. The van der Waals surface area contributed by atoms with Gasteiger partial charge in [-0.25, -0.2) is 18.1 Å². The smallest absolute Gasteiger partial charge is 0.259 e. The van der Waals surface area contributed by atoms with E-state index in [9.17, 15) is 8.42 Å². The molecule has 0 aliphatic carbocycles. The van der Waals surface area contributed by atoms with Crippen LogP contribution in [-0.4, -0.2) is 34.8 Å². The minimum Gasteiger partial charge on any atom is -0.288 e. The second-order valence-corrected chi connectivity index (χ2v) is 9.09. The molecule has 1 atom stereocenters. The molecule has 0 bridgehead atoms. The topological polar surface area (TPSA) is 63.5 Å². The van der Waals surface area contributed by atoms with Crippen molar-refractivity contribution in [2.75, 3.05) is 12.3 Å². The van der Waals surface area contributed by atoms with Gasteiger partial charge in [0.2, 0.25) is 0 Å². The summed E-state index contributed by atoms with van der Waals surface area (Å²) in [6, 6.07) is 5.26. The van der Waals surface area contributed by atoms with Crippen molar-refractivity contribution in [2.24, 2.45) is 0 Å². The Morgan fingerprint density at radius 3 is 3.05 bits per heavy atom. The molecule has 1 saturated heterocycles. The highest BCUT2D eigenvalue weighted by atomic mass is 35.5. The van der Waals surface area contributed by atoms with Gasteiger partial charge in [-0.1, -0.05) is 17.7 Å². The van der Waals surface area contributed by atoms with Gasteiger partial charge in [-0.3, -0.25) is 4.40 Å². The number of nitrogens with one attached hydrogen (secondary N) is 1. The number of sulfonamides is 1. The van der Waals surface area contributed by atoms with Crippen molar-refractivity contribution in [3.05, 3.63) is 29.5 Å². The van der Waals surface area contributed by atoms with Gasteiger partial charge in [-0.2, -0.15) is 11.8 Å². The van der Waals surface area contributed by atoms with Crippen molar-refractivity contribution in [1.82, 2.24) is 14.1 Å². The van der Waals surface area contributed by atoms with Gasteiger partial charge in [-0.05, 0) is 37.7 Å². The van der Waals surface area contributed by atoms with Crippen molar-refractivity contribution in [3.8, 4) is 0 Å². The molecule has 1 unspecified atom stereocenters. The predicted molar refractivity (Wildman–Crippen MR) is 85.5 cm³/mol. The van der Waals surface area contributed by atoms with E-state index >= 15 is 0 Å². The van der Waals surface area contributed by atoms with Crippen LogP contribution >= 0.6 is 23.4 Å². The van der Waals surface area contributed by atoms with Crippen LogP contribution in [0.15, 0.2) is 29.4 Å². The van der Waals surface area contributed by atoms with Crippen molar-refractivity contribution in [3.63, 3.8) is 0 Å². The molecular weight excluding hydrogens is 330 g/mol. The number of pyridine rings is 1. The highest BCUT2D eigenvalue weighted by Crippen LogP contribution is 2.37. The number of rotatable bonds is 4. The number of imidazole rings is 1. The average Bonchev–Trinajstić information content (AvgIpc) is 3.00. The molecule has 114 valence electrons. The quantitative estimate of drug-likeness (QED) is 0.925. The molecule has 21 heavy (non-hydrogen) atoms. The van der Waals surface area contributed by atoms with Crippen molar-refractivity contribution >= 4 is 39.0 Å². The predicted octanol–water partition coefficient (Wildman–Crippen LogP) is 2.55. The minimum atomic E-state index is -3.69. The molecule has 0 amide bonds. The Labute approximate surface area is 133 Å². The molecule has 1 fully saturated rings. The lowest BCUT2D eigenvalue weighted by atomic mass is 10.1. The third-order valence-corrected chi connectivity index (χ3v) is 6.97. The van der Waals surface area contributed by atoms with Gasteiger partial charge in [0.1, 0.15) is 5.65 Å². The van der Waals surface area contributed by atoms with Crippen LogP contribution in [0.25, 0.3) is 5.65 Å². The number of hydrogen-bond acceptors (Lipinski definition) is 4. The minimum absolute atomic E-state index is 0.00192. The zero-order chi connectivity index (χ0) is 15.1. The summed E-state index contributed by atoms with van der Waals surface area (Å²) in [6.07, 6.45) is 3.79. The molecule has 1 aliphatic rings. The maximum Gasteiger partial charge on any atom is 0.259 e. The SMILES string of the molecule is CC1(CNS(=O)(=O)c2c(Cl)nc3ccccn23)CCCS1. The summed E-state index contributed by atoms with van der Waals surface area (Å²) in [5.74, 6) is 1.08. The van der Waals surface area contributed by atoms with Crippen LogP contribution in [-0.2, 0) is 10.0 Å². The van der Waals surface area contributed by atoms with E-state index in [1.165, 1.54) is 4.40 Å². The standard InChI is InChI=1S/C13H16ClN3O2S2/c1-13(6-4-8-20-13)9-15-21(18,19)12-11(14)16-10-5-2-3-7-17(10)12/h2-3,5,7,15H,4,6,8-9H2,1H3. The van der Waals surface area contributed by atoms with E-state index in [2.05, 4.69) is 16.6 Å². The lowest BCUT2D eigenvalue weighted by molar-refractivity contribution is 0.549. The van der Waals surface area contributed by atoms with E-state index < -0.39 is 10.0 Å².